The lowest BCUT2D eigenvalue weighted by Gasteiger charge is -2.33. The Morgan fingerprint density at radius 2 is 2.14 bits per heavy atom. The number of fused-ring (bicyclic) bond motifs is 1. The molecule has 4 rings (SSSR count). The molecule has 1 saturated heterocycles. The monoisotopic (exact) mass is 392 g/mol. The van der Waals surface area contributed by atoms with Crippen LogP contribution in [0.1, 0.15) is 52.5 Å². The lowest BCUT2D eigenvalue weighted by molar-refractivity contribution is 0.0909. The first kappa shape index (κ1) is 19.3. The quantitative estimate of drug-likeness (QED) is 0.727. The zero-order chi connectivity index (χ0) is 20.4. The molecule has 3 N–H and O–H groups in total. The highest BCUT2D eigenvalue weighted by Crippen LogP contribution is 2.38. The Morgan fingerprint density at radius 3 is 2.83 bits per heavy atom. The summed E-state index contributed by atoms with van der Waals surface area (Å²) in [5.74, 6) is 0.756. The van der Waals surface area contributed by atoms with E-state index in [4.69, 9.17) is 10.00 Å². The fourth-order valence-corrected chi connectivity index (χ4v) is 4.34. The second-order valence-corrected chi connectivity index (χ2v) is 7.66. The van der Waals surface area contributed by atoms with Gasteiger partial charge in [0.1, 0.15) is 11.8 Å². The molecule has 2 aliphatic rings. The highest BCUT2D eigenvalue weighted by molar-refractivity contribution is 5.93. The molecule has 1 saturated carbocycles. The zero-order valence-electron chi connectivity index (χ0n) is 16.5. The van der Waals surface area contributed by atoms with E-state index in [9.17, 15) is 4.79 Å². The van der Waals surface area contributed by atoms with Gasteiger partial charge in [-0.15, -0.1) is 0 Å². The summed E-state index contributed by atoms with van der Waals surface area (Å²) in [6.07, 6.45) is 6.03. The highest BCUT2D eigenvalue weighted by Gasteiger charge is 2.41. The number of aromatic nitrogens is 2. The molecule has 2 aromatic rings. The van der Waals surface area contributed by atoms with Crippen LogP contribution in [0.4, 0.5) is 0 Å². The second kappa shape index (κ2) is 8.15. The van der Waals surface area contributed by atoms with Crippen molar-refractivity contribution >= 4 is 5.91 Å². The van der Waals surface area contributed by atoms with Gasteiger partial charge in [0.15, 0.2) is 0 Å². The average molecular weight is 392 g/mol. The first-order valence-electron chi connectivity index (χ1n) is 9.77. The smallest absolute Gasteiger partial charge is 0.270 e. The van der Waals surface area contributed by atoms with Crippen LogP contribution in [-0.4, -0.2) is 35.1 Å². The molecular weight excluding hydrogens is 368 g/mol. The molecule has 3 heterocycles. The van der Waals surface area contributed by atoms with E-state index in [0.717, 1.165) is 24.8 Å². The van der Waals surface area contributed by atoms with Crippen LogP contribution in [-0.2, 0) is 0 Å². The number of nitrogens with zero attached hydrogens (tertiary/aromatic N) is 3. The summed E-state index contributed by atoms with van der Waals surface area (Å²) in [7, 11) is 1.60. The standard InChI is InChI=1S/C21H24N6O2/c1-12-7-13(9-22)10-24-19(12)21(28)25-15-4-5-17-16(8-15)20(27-26-17)14-3-6-18(29-2)23-11-14/h3,6-7,10-11,15-17,20,26-27H,4-5,8H2,1-2H3,(H,25,28). The van der Waals surface area contributed by atoms with Gasteiger partial charge in [0, 0.05) is 30.5 Å². The van der Waals surface area contributed by atoms with Gasteiger partial charge < -0.3 is 10.1 Å². The minimum atomic E-state index is -0.183. The van der Waals surface area contributed by atoms with Crippen LogP contribution in [0.15, 0.2) is 30.6 Å². The van der Waals surface area contributed by atoms with E-state index in [2.05, 4.69) is 26.1 Å². The first-order chi connectivity index (χ1) is 14.1. The fourth-order valence-electron chi connectivity index (χ4n) is 4.34. The third kappa shape index (κ3) is 3.92. The topological polar surface area (TPSA) is 112 Å². The fraction of sp³-hybridized carbons (Fsp3) is 0.429. The second-order valence-electron chi connectivity index (χ2n) is 7.66. The molecule has 8 nitrogen and oxygen atoms in total. The number of nitrogens with one attached hydrogen (secondary N) is 3. The number of carbonyl (C=O) groups is 1. The number of hydrogen-bond acceptors (Lipinski definition) is 7. The van der Waals surface area contributed by atoms with Crippen LogP contribution in [0.5, 0.6) is 5.88 Å². The summed E-state index contributed by atoms with van der Waals surface area (Å²) >= 11 is 0. The van der Waals surface area contributed by atoms with Crippen molar-refractivity contribution in [2.75, 3.05) is 7.11 Å². The van der Waals surface area contributed by atoms with Gasteiger partial charge in [-0.05, 0) is 49.3 Å². The normalized spacial score (nSPS) is 25.7. The number of carbonyl (C=O) groups excluding carboxylic acids is 1. The molecule has 0 bridgehead atoms. The van der Waals surface area contributed by atoms with Crippen LogP contribution < -0.4 is 20.9 Å². The van der Waals surface area contributed by atoms with E-state index in [1.807, 2.05) is 24.4 Å². The predicted molar refractivity (Wildman–Crippen MR) is 106 cm³/mol. The maximum Gasteiger partial charge on any atom is 0.270 e. The lowest BCUT2D eigenvalue weighted by Crippen LogP contribution is -2.44. The molecule has 2 aromatic heterocycles. The molecule has 4 unspecified atom stereocenters. The molecule has 150 valence electrons. The molecule has 4 atom stereocenters. The molecule has 8 heteroatoms. The Kier molecular flexibility index (Phi) is 5.43. The van der Waals surface area contributed by atoms with Crippen molar-refractivity contribution in [1.82, 2.24) is 26.1 Å². The van der Waals surface area contributed by atoms with Crippen molar-refractivity contribution in [2.24, 2.45) is 5.92 Å². The van der Waals surface area contributed by atoms with Crippen molar-refractivity contribution in [3.8, 4) is 11.9 Å². The Labute approximate surface area is 169 Å². The van der Waals surface area contributed by atoms with Crippen molar-refractivity contribution in [3.05, 3.63) is 53.0 Å². The molecule has 1 aliphatic carbocycles. The molecule has 0 spiro atoms. The Hall–Kier alpha value is -3.02. The minimum Gasteiger partial charge on any atom is -0.481 e. The van der Waals surface area contributed by atoms with Gasteiger partial charge in [-0.3, -0.25) is 10.2 Å². The van der Waals surface area contributed by atoms with Crippen LogP contribution in [0, 0.1) is 24.2 Å². The van der Waals surface area contributed by atoms with Crippen molar-refractivity contribution in [1.29, 1.82) is 5.26 Å². The van der Waals surface area contributed by atoms with Gasteiger partial charge in [-0.2, -0.15) is 5.26 Å². The van der Waals surface area contributed by atoms with Gasteiger partial charge in [0.2, 0.25) is 5.88 Å². The van der Waals surface area contributed by atoms with E-state index in [1.54, 1.807) is 20.1 Å². The molecule has 0 radical (unpaired) electrons. The van der Waals surface area contributed by atoms with Crippen LogP contribution in [0.25, 0.3) is 0 Å². The summed E-state index contributed by atoms with van der Waals surface area (Å²) in [6, 6.07) is 8.21. The van der Waals surface area contributed by atoms with Gasteiger partial charge in [0.05, 0.1) is 18.7 Å². The van der Waals surface area contributed by atoms with Crippen molar-refractivity contribution in [3.63, 3.8) is 0 Å². The molecule has 1 amide bonds. The van der Waals surface area contributed by atoms with E-state index in [1.165, 1.54) is 6.20 Å². The number of hydrazine groups is 1. The van der Waals surface area contributed by atoms with Crippen molar-refractivity contribution < 1.29 is 9.53 Å². The number of rotatable bonds is 4. The number of amides is 1. The van der Waals surface area contributed by atoms with Gasteiger partial charge >= 0.3 is 0 Å². The van der Waals surface area contributed by atoms with E-state index >= 15 is 0 Å². The number of nitriles is 1. The molecule has 0 aromatic carbocycles. The molecule has 2 fully saturated rings. The molecule has 1 aliphatic heterocycles. The van der Waals surface area contributed by atoms with Gasteiger partial charge in [-0.25, -0.2) is 15.4 Å². The summed E-state index contributed by atoms with van der Waals surface area (Å²) in [6.45, 7) is 1.80. The number of ether oxygens (including phenoxy) is 1. The number of pyridine rings is 2. The lowest BCUT2D eigenvalue weighted by atomic mass is 9.77. The van der Waals surface area contributed by atoms with E-state index in [-0.39, 0.29) is 18.0 Å². The van der Waals surface area contributed by atoms with Crippen LogP contribution in [0.2, 0.25) is 0 Å². The number of aryl methyl sites for hydroxylation is 1. The minimum absolute atomic E-state index is 0.0796. The summed E-state index contributed by atoms with van der Waals surface area (Å²) < 4.78 is 5.15. The third-order valence-electron chi connectivity index (χ3n) is 5.84. The Morgan fingerprint density at radius 1 is 1.28 bits per heavy atom. The SMILES string of the molecule is COc1ccc(C2NNC3CCC(NC(=O)c4ncc(C#N)cc4C)CC32)cn1. The van der Waals surface area contributed by atoms with Crippen LogP contribution >= 0.6 is 0 Å². The van der Waals surface area contributed by atoms with Gasteiger partial charge in [-0.1, -0.05) is 6.07 Å². The maximum absolute atomic E-state index is 12.7. The first-order valence-corrected chi connectivity index (χ1v) is 9.77. The highest BCUT2D eigenvalue weighted by atomic mass is 16.5. The number of methoxy groups -OCH3 is 1. The summed E-state index contributed by atoms with van der Waals surface area (Å²) in [5.41, 5.74) is 9.44. The maximum atomic E-state index is 12.7. The summed E-state index contributed by atoms with van der Waals surface area (Å²) in [5, 5.41) is 12.1. The zero-order valence-corrected chi connectivity index (χ0v) is 16.5. The largest absolute Gasteiger partial charge is 0.481 e. The average Bonchev–Trinajstić information content (AvgIpc) is 3.16. The van der Waals surface area contributed by atoms with Crippen LogP contribution in [0.3, 0.4) is 0 Å². The van der Waals surface area contributed by atoms with E-state index in [0.29, 0.717) is 34.7 Å². The Balaban J connectivity index is 1.44. The Bertz CT molecular complexity index is 939. The summed E-state index contributed by atoms with van der Waals surface area (Å²) in [4.78, 5) is 21.2. The number of hydrogen-bond donors (Lipinski definition) is 3. The van der Waals surface area contributed by atoms with Gasteiger partial charge in [0.25, 0.3) is 5.91 Å². The molecule has 29 heavy (non-hydrogen) atoms. The molecular formula is C21H24N6O2. The van der Waals surface area contributed by atoms with Crippen molar-refractivity contribution in [2.45, 2.75) is 44.3 Å². The van der Waals surface area contributed by atoms with E-state index < -0.39 is 0 Å². The predicted octanol–water partition coefficient (Wildman–Crippen LogP) is 1.78. The third-order valence-corrected chi connectivity index (χ3v) is 5.84.